The Bertz CT molecular complexity index is 683. The van der Waals surface area contributed by atoms with Gasteiger partial charge in [0.05, 0.1) is 6.10 Å². The van der Waals surface area contributed by atoms with Crippen LogP contribution in [0.3, 0.4) is 0 Å². The Kier molecular flexibility index (Phi) is 6.38. The van der Waals surface area contributed by atoms with Crippen molar-refractivity contribution in [3.8, 4) is 11.1 Å². The third-order valence-electron chi connectivity index (χ3n) is 4.06. The maximum absolute atomic E-state index is 12.3. The van der Waals surface area contributed by atoms with Crippen molar-refractivity contribution in [2.24, 2.45) is 0 Å². The molecule has 4 heteroatoms. The highest BCUT2D eigenvalue weighted by Gasteiger charge is 2.08. The number of anilines is 1. The second kappa shape index (κ2) is 8.50. The van der Waals surface area contributed by atoms with Gasteiger partial charge in [0.1, 0.15) is 0 Å². The SMILES string of the molecule is CO[C@H](C)CCNC(=O)c1cccc(-c2cccc(N(C)C)c2)c1. The third kappa shape index (κ3) is 4.83. The summed E-state index contributed by atoms with van der Waals surface area (Å²) in [7, 11) is 5.71. The van der Waals surface area contributed by atoms with Crippen LogP contribution >= 0.6 is 0 Å². The van der Waals surface area contributed by atoms with Crippen molar-refractivity contribution >= 4 is 11.6 Å². The van der Waals surface area contributed by atoms with Crippen molar-refractivity contribution in [2.45, 2.75) is 19.4 Å². The van der Waals surface area contributed by atoms with Gasteiger partial charge in [0.25, 0.3) is 5.91 Å². The number of carbonyl (C=O) groups excluding carboxylic acids is 1. The number of rotatable bonds is 7. The standard InChI is InChI=1S/C20H26N2O2/c1-15(24-4)11-12-21-20(23)18-9-5-7-16(13-18)17-8-6-10-19(14-17)22(2)3/h5-10,13-15H,11-12H2,1-4H3,(H,21,23)/t15-/m1/s1. The average Bonchev–Trinajstić information content (AvgIpc) is 2.61. The second-order valence-electron chi connectivity index (χ2n) is 6.12. The molecule has 0 aromatic heterocycles. The van der Waals surface area contributed by atoms with Crippen LogP contribution in [0.15, 0.2) is 48.5 Å². The van der Waals surface area contributed by atoms with Crippen molar-refractivity contribution in [3.05, 3.63) is 54.1 Å². The molecule has 24 heavy (non-hydrogen) atoms. The number of amides is 1. The normalized spacial score (nSPS) is 11.8. The smallest absolute Gasteiger partial charge is 0.251 e. The van der Waals surface area contributed by atoms with Crippen molar-refractivity contribution in [2.75, 3.05) is 32.6 Å². The molecule has 2 aromatic rings. The minimum Gasteiger partial charge on any atom is -0.382 e. The quantitative estimate of drug-likeness (QED) is 0.845. The zero-order valence-electron chi connectivity index (χ0n) is 14.9. The molecule has 0 spiro atoms. The van der Waals surface area contributed by atoms with Gasteiger partial charge in [0, 0.05) is 39.0 Å². The molecule has 0 aliphatic rings. The molecule has 0 fully saturated rings. The zero-order chi connectivity index (χ0) is 17.5. The Hall–Kier alpha value is -2.33. The van der Waals surface area contributed by atoms with Gasteiger partial charge in [-0.3, -0.25) is 4.79 Å². The van der Waals surface area contributed by atoms with Crippen LogP contribution in [0.25, 0.3) is 11.1 Å². The van der Waals surface area contributed by atoms with Crippen molar-refractivity contribution < 1.29 is 9.53 Å². The van der Waals surface area contributed by atoms with Crippen LogP contribution in [0.1, 0.15) is 23.7 Å². The molecule has 1 N–H and O–H groups in total. The average molecular weight is 326 g/mol. The largest absolute Gasteiger partial charge is 0.382 e. The van der Waals surface area contributed by atoms with Crippen molar-refractivity contribution in [1.82, 2.24) is 5.32 Å². The highest BCUT2D eigenvalue weighted by Crippen LogP contribution is 2.24. The van der Waals surface area contributed by atoms with Crippen LogP contribution in [0.5, 0.6) is 0 Å². The molecule has 0 saturated carbocycles. The Balaban J connectivity index is 2.11. The predicted octanol–water partition coefficient (Wildman–Crippen LogP) is 3.57. The Morgan fingerprint density at radius 1 is 1.12 bits per heavy atom. The number of carbonyl (C=O) groups is 1. The van der Waals surface area contributed by atoms with Gasteiger partial charge in [-0.15, -0.1) is 0 Å². The fraction of sp³-hybridized carbons (Fsp3) is 0.350. The maximum atomic E-state index is 12.3. The number of nitrogens with zero attached hydrogens (tertiary/aromatic N) is 1. The van der Waals surface area contributed by atoms with E-state index >= 15 is 0 Å². The van der Waals surface area contributed by atoms with Crippen molar-refractivity contribution in [3.63, 3.8) is 0 Å². The van der Waals surface area contributed by atoms with E-state index in [0.717, 1.165) is 23.2 Å². The Morgan fingerprint density at radius 2 is 1.79 bits per heavy atom. The summed E-state index contributed by atoms with van der Waals surface area (Å²) in [6, 6.07) is 16.0. The van der Waals surface area contributed by atoms with E-state index in [2.05, 4.69) is 28.4 Å². The van der Waals surface area contributed by atoms with Crippen LogP contribution in [-0.4, -0.2) is 39.8 Å². The van der Waals surface area contributed by atoms with Gasteiger partial charge in [0.2, 0.25) is 0 Å². The molecule has 4 nitrogen and oxygen atoms in total. The molecule has 1 atom stereocenters. The van der Waals surface area contributed by atoms with E-state index in [-0.39, 0.29) is 12.0 Å². The minimum absolute atomic E-state index is 0.0519. The summed E-state index contributed by atoms with van der Waals surface area (Å²) < 4.78 is 5.19. The maximum Gasteiger partial charge on any atom is 0.251 e. The van der Waals surface area contributed by atoms with Gasteiger partial charge in [-0.1, -0.05) is 24.3 Å². The van der Waals surface area contributed by atoms with Crippen LogP contribution in [-0.2, 0) is 4.74 Å². The summed E-state index contributed by atoms with van der Waals surface area (Å²) in [4.78, 5) is 14.4. The van der Waals surface area contributed by atoms with E-state index in [1.165, 1.54) is 0 Å². The van der Waals surface area contributed by atoms with E-state index in [1.807, 2.05) is 51.4 Å². The van der Waals surface area contributed by atoms with Gasteiger partial charge in [-0.25, -0.2) is 0 Å². The molecular weight excluding hydrogens is 300 g/mol. The lowest BCUT2D eigenvalue weighted by Gasteiger charge is -2.14. The molecule has 2 rings (SSSR count). The number of benzene rings is 2. The zero-order valence-corrected chi connectivity index (χ0v) is 14.9. The monoisotopic (exact) mass is 326 g/mol. The number of hydrogen-bond donors (Lipinski definition) is 1. The molecule has 0 radical (unpaired) electrons. The van der Waals surface area contributed by atoms with Crippen LogP contribution < -0.4 is 10.2 Å². The summed E-state index contributed by atoms with van der Waals surface area (Å²) in [5.74, 6) is -0.0519. The van der Waals surface area contributed by atoms with E-state index in [0.29, 0.717) is 12.1 Å². The highest BCUT2D eigenvalue weighted by atomic mass is 16.5. The predicted molar refractivity (Wildman–Crippen MR) is 99.6 cm³/mol. The first-order chi connectivity index (χ1) is 11.5. The lowest BCUT2D eigenvalue weighted by atomic mass is 10.0. The van der Waals surface area contributed by atoms with Gasteiger partial charge >= 0.3 is 0 Å². The molecule has 0 unspecified atom stereocenters. The topological polar surface area (TPSA) is 41.6 Å². The van der Waals surface area contributed by atoms with Crippen LogP contribution in [0.2, 0.25) is 0 Å². The van der Waals surface area contributed by atoms with Gasteiger partial charge in [0.15, 0.2) is 0 Å². The van der Waals surface area contributed by atoms with Gasteiger partial charge in [-0.2, -0.15) is 0 Å². The molecule has 0 heterocycles. The Morgan fingerprint density at radius 3 is 2.46 bits per heavy atom. The second-order valence-corrected chi connectivity index (χ2v) is 6.12. The number of nitrogens with one attached hydrogen (secondary N) is 1. The summed E-state index contributed by atoms with van der Waals surface area (Å²) in [5.41, 5.74) is 3.95. The van der Waals surface area contributed by atoms with E-state index < -0.39 is 0 Å². The summed E-state index contributed by atoms with van der Waals surface area (Å²) in [6.45, 7) is 2.60. The van der Waals surface area contributed by atoms with Crippen LogP contribution in [0.4, 0.5) is 5.69 Å². The number of methoxy groups -OCH3 is 1. The summed E-state index contributed by atoms with van der Waals surface area (Å²) in [5, 5.41) is 2.95. The van der Waals surface area contributed by atoms with E-state index in [4.69, 9.17) is 4.74 Å². The molecule has 0 saturated heterocycles. The lowest BCUT2D eigenvalue weighted by molar-refractivity contribution is 0.0918. The first kappa shape index (κ1) is 18.0. The highest BCUT2D eigenvalue weighted by molar-refractivity contribution is 5.95. The first-order valence-electron chi connectivity index (χ1n) is 8.20. The third-order valence-corrected chi connectivity index (χ3v) is 4.06. The van der Waals surface area contributed by atoms with E-state index in [1.54, 1.807) is 7.11 Å². The molecule has 0 bridgehead atoms. The summed E-state index contributed by atoms with van der Waals surface area (Å²) in [6.07, 6.45) is 0.942. The number of hydrogen-bond acceptors (Lipinski definition) is 3. The fourth-order valence-corrected chi connectivity index (χ4v) is 2.41. The van der Waals surface area contributed by atoms with Crippen molar-refractivity contribution in [1.29, 1.82) is 0 Å². The Labute approximate surface area is 144 Å². The molecule has 1 amide bonds. The van der Waals surface area contributed by atoms with Gasteiger partial charge < -0.3 is 15.0 Å². The first-order valence-corrected chi connectivity index (χ1v) is 8.20. The minimum atomic E-state index is -0.0519. The molecule has 128 valence electrons. The van der Waals surface area contributed by atoms with E-state index in [9.17, 15) is 4.79 Å². The molecule has 0 aliphatic heterocycles. The number of ether oxygens (including phenoxy) is 1. The molecule has 0 aliphatic carbocycles. The van der Waals surface area contributed by atoms with Crippen LogP contribution in [0, 0.1) is 0 Å². The molecular formula is C20H26N2O2. The lowest BCUT2D eigenvalue weighted by Crippen LogP contribution is -2.26. The van der Waals surface area contributed by atoms with Gasteiger partial charge in [-0.05, 0) is 48.7 Å². The fourth-order valence-electron chi connectivity index (χ4n) is 2.41. The summed E-state index contributed by atoms with van der Waals surface area (Å²) >= 11 is 0. The molecule has 2 aromatic carbocycles.